The zero-order chi connectivity index (χ0) is 22.0. The molecule has 0 bridgehead atoms. The van der Waals surface area contributed by atoms with E-state index >= 15 is 0 Å². The molecule has 1 saturated heterocycles. The number of hydrogen-bond acceptors (Lipinski definition) is 7. The highest BCUT2D eigenvalue weighted by molar-refractivity contribution is 7.92. The van der Waals surface area contributed by atoms with E-state index in [1.54, 1.807) is 29.5 Å². The number of rotatable bonds is 6. The Kier molecular flexibility index (Phi) is 6.17. The second-order valence-electron chi connectivity index (χ2n) is 7.72. The third-order valence-electron chi connectivity index (χ3n) is 5.17. The molecule has 0 aliphatic carbocycles. The van der Waals surface area contributed by atoms with Crippen LogP contribution in [-0.2, 0) is 10.0 Å². The van der Waals surface area contributed by atoms with Crippen LogP contribution in [0.4, 0.5) is 11.4 Å². The Bertz CT molecular complexity index is 1120. The molecule has 0 amide bonds. The Hall–Kier alpha value is -2.62. The number of aromatic nitrogens is 1. The molecule has 31 heavy (non-hydrogen) atoms. The summed E-state index contributed by atoms with van der Waals surface area (Å²) in [6, 6.07) is 13.5. The molecule has 0 saturated carbocycles. The number of thiophene rings is 1. The molecule has 7 nitrogen and oxygen atoms in total. The normalized spacial score (nSPS) is 19.3. The molecule has 4 rings (SSSR count). The largest absolute Gasteiger partial charge is 0.495 e. The number of methoxy groups -OCH3 is 1. The van der Waals surface area contributed by atoms with Crippen LogP contribution in [0.2, 0.25) is 0 Å². The molecular formula is C22H26N4O3S2. The SMILES string of the molecule is COc1ccc(N2C[C@@H](C)N[C@@H](C)C2)cc1NS(=O)(=O)c1ccc(-c2cccs2)nc1. The average molecular weight is 459 g/mol. The first-order valence-electron chi connectivity index (χ1n) is 10.1. The fraction of sp³-hybridized carbons (Fsp3) is 0.318. The number of nitrogens with one attached hydrogen (secondary N) is 2. The van der Waals surface area contributed by atoms with Crippen molar-refractivity contribution >= 4 is 32.7 Å². The first kappa shape index (κ1) is 21.6. The van der Waals surface area contributed by atoms with Crippen LogP contribution in [-0.4, -0.2) is 45.7 Å². The Morgan fingerprint density at radius 3 is 2.55 bits per heavy atom. The van der Waals surface area contributed by atoms with Crippen molar-refractivity contribution in [3.8, 4) is 16.3 Å². The summed E-state index contributed by atoms with van der Waals surface area (Å²) >= 11 is 1.56. The molecule has 2 atom stereocenters. The smallest absolute Gasteiger partial charge is 0.263 e. The van der Waals surface area contributed by atoms with Crippen LogP contribution in [0.5, 0.6) is 5.75 Å². The summed E-state index contributed by atoms with van der Waals surface area (Å²) in [6.07, 6.45) is 1.38. The lowest BCUT2D eigenvalue weighted by atomic mass is 10.1. The van der Waals surface area contributed by atoms with Gasteiger partial charge in [0.25, 0.3) is 10.0 Å². The second-order valence-corrected chi connectivity index (χ2v) is 10.4. The molecule has 2 aromatic heterocycles. The Morgan fingerprint density at radius 1 is 1.16 bits per heavy atom. The highest BCUT2D eigenvalue weighted by Crippen LogP contribution is 2.32. The topological polar surface area (TPSA) is 83.6 Å². The number of piperazine rings is 1. The van der Waals surface area contributed by atoms with E-state index in [-0.39, 0.29) is 4.90 Å². The van der Waals surface area contributed by atoms with Crippen LogP contribution in [0.1, 0.15) is 13.8 Å². The Labute approximate surface area is 187 Å². The zero-order valence-electron chi connectivity index (χ0n) is 17.7. The van der Waals surface area contributed by atoms with Gasteiger partial charge >= 0.3 is 0 Å². The van der Waals surface area contributed by atoms with Crippen molar-refractivity contribution < 1.29 is 13.2 Å². The quantitative estimate of drug-likeness (QED) is 0.585. The third-order valence-corrected chi connectivity index (χ3v) is 7.41. The van der Waals surface area contributed by atoms with E-state index in [4.69, 9.17) is 4.74 Å². The Balaban J connectivity index is 1.59. The maximum absolute atomic E-state index is 13.0. The van der Waals surface area contributed by atoms with Gasteiger partial charge in [-0.05, 0) is 55.6 Å². The van der Waals surface area contributed by atoms with Crippen LogP contribution in [0.25, 0.3) is 10.6 Å². The lowest BCUT2D eigenvalue weighted by Crippen LogP contribution is -2.54. The molecule has 1 aliphatic rings. The summed E-state index contributed by atoms with van der Waals surface area (Å²) in [5.41, 5.74) is 2.10. The number of pyridine rings is 1. The summed E-state index contributed by atoms with van der Waals surface area (Å²) in [4.78, 5) is 7.67. The predicted octanol–water partition coefficient (Wildman–Crippen LogP) is 3.81. The van der Waals surface area contributed by atoms with Gasteiger partial charge < -0.3 is 15.0 Å². The van der Waals surface area contributed by atoms with Gasteiger partial charge in [0.1, 0.15) is 10.6 Å². The van der Waals surface area contributed by atoms with E-state index in [1.165, 1.54) is 13.3 Å². The first-order valence-corrected chi connectivity index (χ1v) is 12.4. The molecule has 1 fully saturated rings. The fourth-order valence-electron chi connectivity index (χ4n) is 3.82. The highest BCUT2D eigenvalue weighted by atomic mass is 32.2. The molecule has 0 unspecified atom stereocenters. The highest BCUT2D eigenvalue weighted by Gasteiger charge is 2.23. The number of benzene rings is 1. The van der Waals surface area contributed by atoms with Crippen molar-refractivity contribution in [2.75, 3.05) is 29.8 Å². The van der Waals surface area contributed by atoms with Gasteiger partial charge in [0.05, 0.1) is 23.4 Å². The van der Waals surface area contributed by atoms with Gasteiger partial charge in [-0.15, -0.1) is 11.3 Å². The van der Waals surface area contributed by atoms with Crippen LogP contribution < -0.4 is 19.7 Å². The minimum Gasteiger partial charge on any atom is -0.495 e. The number of ether oxygens (including phenoxy) is 1. The fourth-order valence-corrected chi connectivity index (χ4v) is 5.53. The van der Waals surface area contributed by atoms with E-state index in [2.05, 4.69) is 33.8 Å². The lowest BCUT2D eigenvalue weighted by molar-refractivity contribution is 0.406. The summed E-state index contributed by atoms with van der Waals surface area (Å²) in [6.45, 7) is 5.97. The summed E-state index contributed by atoms with van der Waals surface area (Å²) in [7, 11) is -2.29. The summed E-state index contributed by atoms with van der Waals surface area (Å²) in [5.74, 6) is 0.465. The van der Waals surface area contributed by atoms with Crippen LogP contribution in [0.3, 0.4) is 0 Å². The van der Waals surface area contributed by atoms with Crippen molar-refractivity contribution in [3.63, 3.8) is 0 Å². The monoisotopic (exact) mass is 458 g/mol. The van der Waals surface area contributed by atoms with Crippen molar-refractivity contribution in [1.82, 2.24) is 10.3 Å². The summed E-state index contributed by atoms with van der Waals surface area (Å²) < 4.78 is 34.1. The van der Waals surface area contributed by atoms with Gasteiger partial charge in [0, 0.05) is 37.1 Å². The minimum absolute atomic E-state index is 0.102. The number of nitrogens with zero attached hydrogens (tertiary/aromatic N) is 2. The molecule has 9 heteroatoms. The van der Waals surface area contributed by atoms with E-state index in [9.17, 15) is 8.42 Å². The van der Waals surface area contributed by atoms with E-state index in [0.717, 1.165) is 29.3 Å². The van der Waals surface area contributed by atoms with Crippen LogP contribution >= 0.6 is 11.3 Å². The third kappa shape index (κ3) is 4.84. The predicted molar refractivity (Wildman–Crippen MR) is 126 cm³/mol. The molecule has 3 heterocycles. The van der Waals surface area contributed by atoms with Gasteiger partial charge in [-0.1, -0.05) is 6.07 Å². The maximum atomic E-state index is 13.0. The standard InChI is InChI=1S/C22H26N4O3S2/c1-15-13-26(14-16(2)24-15)17-6-9-21(29-3)20(11-17)25-31(27,28)18-7-8-19(23-12-18)22-5-4-10-30-22/h4-12,15-16,24-25H,13-14H2,1-3H3/t15-,16+. The van der Waals surface area contributed by atoms with Gasteiger partial charge in [0.15, 0.2) is 0 Å². The molecule has 0 spiro atoms. The molecule has 1 aliphatic heterocycles. The molecule has 0 radical (unpaired) electrons. The van der Waals surface area contributed by atoms with Crippen molar-refractivity contribution in [2.45, 2.75) is 30.8 Å². The van der Waals surface area contributed by atoms with Crippen molar-refractivity contribution in [1.29, 1.82) is 0 Å². The number of sulfonamides is 1. The molecule has 164 valence electrons. The molecule has 1 aromatic carbocycles. The second kappa shape index (κ2) is 8.86. The zero-order valence-corrected chi connectivity index (χ0v) is 19.3. The molecule has 2 N–H and O–H groups in total. The van der Waals surface area contributed by atoms with E-state index in [1.807, 2.05) is 29.6 Å². The van der Waals surface area contributed by atoms with E-state index in [0.29, 0.717) is 23.5 Å². The van der Waals surface area contributed by atoms with E-state index < -0.39 is 10.0 Å². The van der Waals surface area contributed by atoms with Gasteiger partial charge in [-0.25, -0.2) is 8.42 Å². The van der Waals surface area contributed by atoms with Crippen molar-refractivity contribution in [3.05, 3.63) is 54.0 Å². The number of anilines is 2. The number of hydrogen-bond donors (Lipinski definition) is 2. The van der Waals surface area contributed by atoms with Crippen LogP contribution in [0, 0.1) is 0 Å². The van der Waals surface area contributed by atoms with Gasteiger partial charge in [0.2, 0.25) is 0 Å². The average Bonchev–Trinajstić information content (AvgIpc) is 3.28. The lowest BCUT2D eigenvalue weighted by Gasteiger charge is -2.38. The van der Waals surface area contributed by atoms with Gasteiger partial charge in [-0.3, -0.25) is 9.71 Å². The maximum Gasteiger partial charge on any atom is 0.263 e. The first-order chi connectivity index (χ1) is 14.9. The van der Waals surface area contributed by atoms with Crippen LogP contribution in [0.15, 0.2) is 58.9 Å². The Morgan fingerprint density at radius 2 is 1.94 bits per heavy atom. The minimum atomic E-state index is -3.82. The molecular weight excluding hydrogens is 432 g/mol. The van der Waals surface area contributed by atoms with Gasteiger partial charge in [-0.2, -0.15) is 0 Å². The molecule has 3 aromatic rings. The summed E-state index contributed by atoms with van der Waals surface area (Å²) in [5, 5.41) is 5.47. The van der Waals surface area contributed by atoms with Crippen molar-refractivity contribution in [2.24, 2.45) is 0 Å².